The molecule has 0 saturated heterocycles. The highest BCUT2D eigenvalue weighted by molar-refractivity contribution is 14.1. The number of aromatic nitrogens is 3. The van der Waals surface area contributed by atoms with Gasteiger partial charge in [-0.3, -0.25) is 15.3 Å². The predicted molar refractivity (Wildman–Crippen MR) is 89.1 cm³/mol. The summed E-state index contributed by atoms with van der Waals surface area (Å²) < 4.78 is 1.09. The summed E-state index contributed by atoms with van der Waals surface area (Å²) in [5, 5.41) is 6.30. The van der Waals surface area contributed by atoms with Crippen LogP contribution in [0.25, 0.3) is 10.9 Å². The zero-order valence-corrected chi connectivity index (χ0v) is 12.9. The minimum atomic E-state index is -0.374. The molecule has 21 heavy (non-hydrogen) atoms. The molecule has 0 aliphatic heterocycles. The molecule has 1 aromatic carbocycles. The smallest absolute Gasteiger partial charge is 0.307 e. The van der Waals surface area contributed by atoms with Gasteiger partial charge < -0.3 is 5.32 Å². The van der Waals surface area contributed by atoms with E-state index in [-0.39, 0.29) is 6.03 Å². The maximum atomic E-state index is 12.0. The number of rotatable bonds is 2. The molecule has 2 aromatic heterocycles. The number of urea groups is 1. The first-order chi connectivity index (χ1) is 10.2. The Hall–Kier alpha value is -2.29. The Kier molecular flexibility index (Phi) is 3.91. The fourth-order valence-corrected chi connectivity index (χ4v) is 2.34. The molecule has 0 aliphatic carbocycles. The van der Waals surface area contributed by atoms with Crippen molar-refractivity contribution in [3.05, 3.63) is 52.6 Å². The zero-order valence-electron chi connectivity index (χ0n) is 10.7. The van der Waals surface area contributed by atoms with Crippen molar-refractivity contribution >= 4 is 51.0 Å². The fraction of sp³-hybridized carbons (Fsp3) is 0. The normalized spacial score (nSPS) is 10.3. The van der Waals surface area contributed by atoms with E-state index in [0.29, 0.717) is 11.5 Å². The molecule has 0 aliphatic rings. The van der Waals surface area contributed by atoms with E-state index >= 15 is 0 Å². The Labute approximate surface area is 134 Å². The summed E-state index contributed by atoms with van der Waals surface area (Å²) in [5.41, 5.74) is 1.52. The van der Waals surface area contributed by atoms with Crippen molar-refractivity contribution in [1.29, 1.82) is 0 Å². The molecular weight excluding hydrogens is 381 g/mol. The van der Waals surface area contributed by atoms with Gasteiger partial charge in [0.2, 0.25) is 0 Å². The highest BCUT2D eigenvalue weighted by Gasteiger charge is 2.07. The summed E-state index contributed by atoms with van der Waals surface area (Å²) in [6.07, 6.45) is 6.20. The number of nitrogens with one attached hydrogen (secondary N) is 2. The van der Waals surface area contributed by atoms with Crippen molar-refractivity contribution in [3.63, 3.8) is 0 Å². The molecule has 0 fully saturated rings. The summed E-state index contributed by atoms with van der Waals surface area (Å²) >= 11 is 2.23. The van der Waals surface area contributed by atoms with E-state index in [2.05, 4.69) is 48.2 Å². The number of amides is 2. The number of nitrogens with zero attached hydrogens (tertiary/aromatic N) is 3. The third kappa shape index (κ3) is 3.24. The van der Waals surface area contributed by atoms with Crippen molar-refractivity contribution in [2.45, 2.75) is 0 Å². The number of anilines is 2. The van der Waals surface area contributed by atoms with E-state index in [1.165, 1.54) is 12.4 Å². The maximum Gasteiger partial charge on any atom is 0.324 e. The van der Waals surface area contributed by atoms with Crippen LogP contribution >= 0.6 is 22.6 Å². The SMILES string of the molecule is O=C(Nc1cnccn1)Nc1ccnc2cc(I)ccc12. The highest BCUT2D eigenvalue weighted by Crippen LogP contribution is 2.23. The van der Waals surface area contributed by atoms with Crippen molar-refractivity contribution in [1.82, 2.24) is 15.0 Å². The van der Waals surface area contributed by atoms with Crippen LogP contribution in [0.3, 0.4) is 0 Å². The lowest BCUT2D eigenvalue weighted by atomic mass is 10.2. The molecule has 0 unspecified atom stereocenters. The maximum absolute atomic E-state index is 12.0. The Morgan fingerprint density at radius 1 is 1.05 bits per heavy atom. The molecular formula is C14H10IN5O. The van der Waals surface area contributed by atoms with Crippen LogP contribution in [0, 0.1) is 3.57 Å². The molecule has 2 heterocycles. The molecule has 3 aromatic rings. The molecule has 6 nitrogen and oxygen atoms in total. The number of carbonyl (C=O) groups is 1. The molecule has 2 amide bonds. The van der Waals surface area contributed by atoms with Gasteiger partial charge in [-0.1, -0.05) is 0 Å². The summed E-state index contributed by atoms with van der Waals surface area (Å²) in [4.78, 5) is 24.2. The molecule has 3 rings (SSSR count). The average molecular weight is 391 g/mol. The van der Waals surface area contributed by atoms with Crippen LogP contribution in [0.1, 0.15) is 0 Å². The summed E-state index contributed by atoms with van der Waals surface area (Å²) in [5.74, 6) is 0.392. The number of hydrogen-bond acceptors (Lipinski definition) is 4. The molecule has 0 atom stereocenters. The number of carbonyl (C=O) groups excluding carboxylic acids is 1. The van der Waals surface area contributed by atoms with Gasteiger partial charge >= 0.3 is 6.03 Å². The van der Waals surface area contributed by atoms with Gasteiger partial charge in [0, 0.05) is 27.5 Å². The van der Waals surface area contributed by atoms with Crippen molar-refractivity contribution in [2.24, 2.45) is 0 Å². The van der Waals surface area contributed by atoms with E-state index in [0.717, 1.165) is 14.5 Å². The summed E-state index contributed by atoms with van der Waals surface area (Å²) in [6.45, 7) is 0. The molecule has 0 spiro atoms. The van der Waals surface area contributed by atoms with E-state index in [4.69, 9.17) is 0 Å². The van der Waals surface area contributed by atoms with Crippen LogP contribution in [-0.2, 0) is 0 Å². The topological polar surface area (TPSA) is 79.8 Å². The van der Waals surface area contributed by atoms with E-state index in [1.807, 2.05) is 18.2 Å². The monoisotopic (exact) mass is 391 g/mol. The summed E-state index contributed by atoms with van der Waals surface area (Å²) in [7, 11) is 0. The van der Waals surface area contributed by atoms with Crippen molar-refractivity contribution in [2.75, 3.05) is 10.6 Å². The highest BCUT2D eigenvalue weighted by atomic mass is 127. The first-order valence-electron chi connectivity index (χ1n) is 6.11. The largest absolute Gasteiger partial charge is 0.324 e. The standard InChI is InChI=1S/C14H10IN5O/c15-9-1-2-10-11(3-4-17-12(10)7-9)19-14(21)20-13-8-16-5-6-18-13/h1-8H,(H2,17,18,19,20,21). The third-order valence-corrected chi connectivity index (χ3v) is 3.43. The van der Waals surface area contributed by atoms with E-state index in [9.17, 15) is 4.79 Å². The number of benzene rings is 1. The second kappa shape index (κ2) is 6.00. The van der Waals surface area contributed by atoms with Gasteiger partial charge in [-0.05, 0) is 46.9 Å². The second-order valence-electron chi connectivity index (χ2n) is 4.19. The van der Waals surface area contributed by atoms with Gasteiger partial charge in [-0.2, -0.15) is 0 Å². The molecule has 2 N–H and O–H groups in total. The van der Waals surface area contributed by atoms with Crippen LogP contribution in [0.5, 0.6) is 0 Å². The zero-order chi connectivity index (χ0) is 14.7. The number of halogens is 1. The Morgan fingerprint density at radius 2 is 1.95 bits per heavy atom. The first-order valence-corrected chi connectivity index (χ1v) is 7.18. The number of pyridine rings is 1. The minimum absolute atomic E-state index is 0.374. The Morgan fingerprint density at radius 3 is 2.76 bits per heavy atom. The molecule has 104 valence electrons. The van der Waals surface area contributed by atoms with Crippen LogP contribution in [0.4, 0.5) is 16.3 Å². The summed E-state index contributed by atoms with van der Waals surface area (Å²) in [6, 6.07) is 7.24. The molecule has 7 heteroatoms. The third-order valence-electron chi connectivity index (χ3n) is 2.76. The Balaban J connectivity index is 1.83. The van der Waals surface area contributed by atoms with Crippen LogP contribution < -0.4 is 10.6 Å². The number of hydrogen-bond donors (Lipinski definition) is 2. The molecule has 0 radical (unpaired) electrons. The van der Waals surface area contributed by atoms with Crippen LogP contribution in [0.2, 0.25) is 0 Å². The first kappa shape index (κ1) is 13.7. The van der Waals surface area contributed by atoms with Crippen LogP contribution in [0.15, 0.2) is 49.1 Å². The van der Waals surface area contributed by atoms with Crippen LogP contribution in [-0.4, -0.2) is 21.0 Å². The second-order valence-corrected chi connectivity index (χ2v) is 5.44. The number of fused-ring (bicyclic) bond motifs is 1. The predicted octanol–water partition coefficient (Wildman–Crippen LogP) is 3.27. The Bertz CT molecular complexity index is 794. The average Bonchev–Trinajstić information content (AvgIpc) is 2.48. The van der Waals surface area contributed by atoms with Gasteiger partial charge in [0.25, 0.3) is 0 Å². The quantitative estimate of drug-likeness (QED) is 0.658. The fourth-order valence-electron chi connectivity index (χ4n) is 1.86. The van der Waals surface area contributed by atoms with Gasteiger partial charge in [0.1, 0.15) is 0 Å². The van der Waals surface area contributed by atoms with Gasteiger partial charge in [0.05, 0.1) is 17.4 Å². The molecule has 0 bridgehead atoms. The van der Waals surface area contributed by atoms with Gasteiger partial charge in [-0.25, -0.2) is 9.78 Å². The lowest BCUT2D eigenvalue weighted by Gasteiger charge is -2.09. The van der Waals surface area contributed by atoms with Gasteiger partial charge in [-0.15, -0.1) is 0 Å². The van der Waals surface area contributed by atoms with E-state index in [1.54, 1.807) is 18.5 Å². The van der Waals surface area contributed by atoms with Crippen molar-refractivity contribution < 1.29 is 4.79 Å². The lowest BCUT2D eigenvalue weighted by Crippen LogP contribution is -2.20. The van der Waals surface area contributed by atoms with Gasteiger partial charge in [0.15, 0.2) is 5.82 Å². The lowest BCUT2D eigenvalue weighted by molar-refractivity contribution is 0.262. The minimum Gasteiger partial charge on any atom is -0.307 e. The van der Waals surface area contributed by atoms with E-state index < -0.39 is 0 Å². The molecule has 0 saturated carbocycles. The van der Waals surface area contributed by atoms with Crippen molar-refractivity contribution in [3.8, 4) is 0 Å².